The van der Waals surface area contributed by atoms with Gasteiger partial charge in [0.05, 0.1) is 24.1 Å². The maximum Gasteiger partial charge on any atom is 0.253 e. The molecule has 0 spiro atoms. The van der Waals surface area contributed by atoms with E-state index in [0.717, 1.165) is 23.4 Å². The van der Waals surface area contributed by atoms with E-state index in [2.05, 4.69) is 26.4 Å². The fourth-order valence-corrected chi connectivity index (χ4v) is 4.13. The smallest absolute Gasteiger partial charge is 0.253 e. The lowest BCUT2D eigenvalue weighted by Gasteiger charge is -2.29. The molecule has 2 aromatic heterocycles. The molecular formula is C21H26N6O2. The molecule has 3 aromatic rings. The summed E-state index contributed by atoms with van der Waals surface area (Å²) in [5.41, 5.74) is 1.42. The number of likely N-dealkylation sites (N-methyl/N-ethyl adjacent to an activating group) is 1. The summed E-state index contributed by atoms with van der Waals surface area (Å²) in [5, 5.41) is 11.0. The number of carbonyl (C=O) groups is 1. The number of hydrogen-bond acceptors (Lipinski definition) is 6. The third-order valence-corrected chi connectivity index (χ3v) is 5.55. The average Bonchev–Trinajstić information content (AvgIpc) is 3.26. The van der Waals surface area contributed by atoms with Crippen LogP contribution in [-0.2, 0) is 6.54 Å². The molecule has 1 N–H and O–H groups in total. The van der Waals surface area contributed by atoms with Crippen LogP contribution < -0.4 is 4.90 Å². The molecule has 0 saturated carbocycles. The second-order valence-electron chi connectivity index (χ2n) is 7.71. The predicted octanol–water partition coefficient (Wildman–Crippen LogP) is 1.87. The minimum atomic E-state index is -0.992. The van der Waals surface area contributed by atoms with Crippen molar-refractivity contribution in [3.63, 3.8) is 0 Å². The summed E-state index contributed by atoms with van der Waals surface area (Å²) in [5.74, 6) is 1.41. The Labute approximate surface area is 169 Å². The Hall–Kier alpha value is -3.00. The number of aromatic nitrogens is 4. The quantitative estimate of drug-likeness (QED) is 0.711. The molecule has 4 rings (SSSR count). The van der Waals surface area contributed by atoms with Gasteiger partial charge >= 0.3 is 0 Å². The number of hydrogen-bond donors (Lipinski definition) is 1. The summed E-state index contributed by atoms with van der Waals surface area (Å²) in [7, 11) is 1.72. The van der Waals surface area contributed by atoms with Gasteiger partial charge in [0.15, 0.2) is 0 Å². The Morgan fingerprint density at radius 1 is 1.31 bits per heavy atom. The van der Waals surface area contributed by atoms with E-state index in [1.165, 1.54) is 0 Å². The number of amides is 1. The number of fused-ring (bicyclic) bond motifs is 1. The lowest BCUT2D eigenvalue weighted by atomic mass is 10.0. The maximum atomic E-state index is 13.0. The fraction of sp³-hybridized carbons (Fsp3) is 0.429. The third-order valence-electron chi connectivity index (χ3n) is 5.55. The first-order valence-corrected chi connectivity index (χ1v) is 9.87. The van der Waals surface area contributed by atoms with Crippen LogP contribution in [0.5, 0.6) is 0 Å². The molecule has 1 fully saturated rings. The minimum Gasteiger partial charge on any atom is -0.386 e. The minimum absolute atomic E-state index is 0.126. The molecule has 8 heteroatoms. The highest BCUT2D eigenvalue weighted by Gasteiger charge is 2.39. The van der Waals surface area contributed by atoms with Crippen molar-refractivity contribution in [2.75, 3.05) is 31.6 Å². The highest BCUT2D eigenvalue weighted by Crippen LogP contribution is 2.26. The van der Waals surface area contributed by atoms with E-state index in [1.54, 1.807) is 30.4 Å². The second-order valence-corrected chi connectivity index (χ2v) is 7.71. The van der Waals surface area contributed by atoms with Gasteiger partial charge in [-0.25, -0.2) is 15.0 Å². The Morgan fingerprint density at radius 3 is 2.79 bits per heavy atom. The van der Waals surface area contributed by atoms with Gasteiger partial charge in [-0.1, -0.05) is 0 Å². The van der Waals surface area contributed by atoms with Crippen molar-refractivity contribution in [1.82, 2.24) is 24.4 Å². The van der Waals surface area contributed by atoms with Crippen molar-refractivity contribution in [2.24, 2.45) is 0 Å². The van der Waals surface area contributed by atoms with Crippen molar-refractivity contribution in [2.45, 2.75) is 32.4 Å². The SMILES string of the molecule is CCn1c(C)nc2cc(C(=O)N(C)CC3(O)CCN(c4ncccn4)C3)ccc21. The summed E-state index contributed by atoms with van der Waals surface area (Å²) in [6.45, 7) is 6.18. The number of imidazole rings is 1. The predicted molar refractivity (Wildman–Crippen MR) is 111 cm³/mol. The van der Waals surface area contributed by atoms with E-state index >= 15 is 0 Å². The van der Waals surface area contributed by atoms with Crippen LogP contribution >= 0.6 is 0 Å². The number of β-amino-alcohol motifs (C(OH)–C–C–N with tert-alkyl or cyclic N) is 1. The molecule has 8 nitrogen and oxygen atoms in total. The number of benzene rings is 1. The first kappa shape index (κ1) is 19.3. The van der Waals surface area contributed by atoms with Gasteiger partial charge in [0.2, 0.25) is 5.95 Å². The molecule has 3 heterocycles. The molecule has 1 aromatic carbocycles. The van der Waals surface area contributed by atoms with E-state index in [0.29, 0.717) is 31.0 Å². The molecule has 1 saturated heterocycles. The van der Waals surface area contributed by atoms with Crippen LogP contribution in [0, 0.1) is 6.92 Å². The molecule has 0 radical (unpaired) electrons. The molecule has 152 valence electrons. The monoisotopic (exact) mass is 394 g/mol. The molecule has 1 atom stereocenters. The molecule has 1 amide bonds. The van der Waals surface area contributed by atoms with E-state index in [4.69, 9.17) is 0 Å². The Bertz CT molecular complexity index is 1030. The largest absolute Gasteiger partial charge is 0.386 e. The van der Waals surface area contributed by atoms with Gasteiger partial charge in [0.25, 0.3) is 5.91 Å². The van der Waals surface area contributed by atoms with E-state index in [-0.39, 0.29) is 12.5 Å². The lowest BCUT2D eigenvalue weighted by Crippen LogP contribution is -2.46. The van der Waals surface area contributed by atoms with E-state index in [1.807, 2.05) is 30.0 Å². The van der Waals surface area contributed by atoms with Crippen LogP contribution in [-0.4, -0.2) is 67.7 Å². The number of nitrogens with zero attached hydrogens (tertiary/aromatic N) is 6. The zero-order chi connectivity index (χ0) is 20.6. The third kappa shape index (κ3) is 3.67. The first-order valence-electron chi connectivity index (χ1n) is 9.87. The zero-order valence-corrected chi connectivity index (χ0v) is 17.0. The molecular weight excluding hydrogens is 368 g/mol. The highest BCUT2D eigenvalue weighted by atomic mass is 16.3. The summed E-state index contributed by atoms with van der Waals surface area (Å²) in [4.78, 5) is 29.6. The zero-order valence-electron chi connectivity index (χ0n) is 17.0. The summed E-state index contributed by atoms with van der Waals surface area (Å²) < 4.78 is 2.12. The van der Waals surface area contributed by atoms with Crippen molar-refractivity contribution in [3.05, 3.63) is 48.0 Å². The van der Waals surface area contributed by atoms with Crippen LogP contribution in [0.15, 0.2) is 36.7 Å². The van der Waals surface area contributed by atoms with Crippen LogP contribution in [0.3, 0.4) is 0 Å². The topological polar surface area (TPSA) is 87.4 Å². The average molecular weight is 394 g/mol. The summed E-state index contributed by atoms with van der Waals surface area (Å²) >= 11 is 0. The summed E-state index contributed by atoms with van der Waals surface area (Å²) in [6.07, 6.45) is 3.93. The van der Waals surface area contributed by atoms with Gasteiger partial charge in [0, 0.05) is 38.1 Å². The van der Waals surface area contributed by atoms with Crippen molar-refractivity contribution in [3.8, 4) is 0 Å². The van der Waals surface area contributed by atoms with Gasteiger partial charge in [-0.05, 0) is 44.5 Å². The number of anilines is 1. The Morgan fingerprint density at radius 2 is 2.07 bits per heavy atom. The summed E-state index contributed by atoms with van der Waals surface area (Å²) in [6, 6.07) is 7.37. The maximum absolute atomic E-state index is 13.0. The van der Waals surface area contributed by atoms with Gasteiger partial charge in [-0.2, -0.15) is 0 Å². The number of aliphatic hydroxyl groups is 1. The second kappa shape index (κ2) is 7.44. The van der Waals surface area contributed by atoms with Crippen LogP contribution in [0.25, 0.3) is 11.0 Å². The lowest BCUT2D eigenvalue weighted by molar-refractivity contribution is 0.0264. The first-order chi connectivity index (χ1) is 13.9. The molecule has 0 aliphatic carbocycles. The number of rotatable bonds is 5. The standard InChI is InChI=1S/C21H26N6O2/c1-4-27-15(2)24-17-12-16(6-7-18(17)27)19(28)25(3)13-21(29)8-11-26(14-21)20-22-9-5-10-23-20/h5-7,9-10,12,29H,4,8,11,13-14H2,1-3H3. The highest BCUT2D eigenvalue weighted by molar-refractivity contribution is 5.97. The van der Waals surface area contributed by atoms with Gasteiger partial charge in [0.1, 0.15) is 11.4 Å². The fourth-order valence-electron chi connectivity index (χ4n) is 4.13. The van der Waals surface area contributed by atoms with E-state index in [9.17, 15) is 9.90 Å². The van der Waals surface area contributed by atoms with Gasteiger partial charge in [-0.15, -0.1) is 0 Å². The molecule has 1 unspecified atom stereocenters. The van der Waals surface area contributed by atoms with E-state index < -0.39 is 5.60 Å². The Balaban J connectivity index is 1.47. The van der Waals surface area contributed by atoms with Crippen LogP contribution in [0.1, 0.15) is 29.5 Å². The number of aryl methyl sites for hydroxylation is 2. The van der Waals surface area contributed by atoms with Crippen LogP contribution in [0.4, 0.5) is 5.95 Å². The molecule has 29 heavy (non-hydrogen) atoms. The van der Waals surface area contributed by atoms with Crippen molar-refractivity contribution < 1.29 is 9.90 Å². The van der Waals surface area contributed by atoms with Crippen LogP contribution in [0.2, 0.25) is 0 Å². The molecule has 0 bridgehead atoms. The Kier molecular flexibility index (Phi) is 4.96. The van der Waals surface area contributed by atoms with Crippen molar-refractivity contribution in [1.29, 1.82) is 0 Å². The van der Waals surface area contributed by atoms with Gasteiger partial charge in [-0.3, -0.25) is 4.79 Å². The normalized spacial score (nSPS) is 19.1. The molecule has 1 aliphatic heterocycles. The molecule has 1 aliphatic rings. The van der Waals surface area contributed by atoms with Gasteiger partial charge < -0.3 is 19.5 Å². The van der Waals surface area contributed by atoms with Crippen molar-refractivity contribution >= 4 is 22.9 Å². The number of carbonyl (C=O) groups excluding carboxylic acids is 1.